The van der Waals surface area contributed by atoms with E-state index in [1.807, 2.05) is 25.1 Å². The Labute approximate surface area is 132 Å². The van der Waals surface area contributed by atoms with Gasteiger partial charge in [0.1, 0.15) is 11.0 Å². The zero-order chi connectivity index (χ0) is 15.9. The van der Waals surface area contributed by atoms with Gasteiger partial charge in [-0.15, -0.1) is 11.3 Å². The number of carboxylic acid groups (broad SMARTS) is 1. The Bertz CT molecular complexity index is 642. The number of rotatable bonds is 7. The fourth-order valence-corrected chi connectivity index (χ4v) is 2.75. The Balaban J connectivity index is 1.98. The van der Waals surface area contributed by atoms with E-state index in [0.717, 1.165) is 10.7 Å². The first-order valence-electron chi connectivity index (χ1n) is 6.98. The Hall–Kier alpha value is -2.28. The standard InChI is InChI=1S/C15H17N3O3S/c1-2-5-12(15(20)21)18-13(19)8-10-9-22-14(17-10)11-6-3-4-7-16-11/h3-4,6-7,9,12H,2,5,8H2,1H3,(H,18,19)(H,20,21). The number of carbonyl (C=O) groups is 2. The Morgan fingerprint density at radius 3 is 2.86 bits per heavy atom. The first-order chi connectivity index (χ1) is 10.6. The van der Waals surface area contributed by atoms with E-state index in [4.69, 9.17) is 5.11 Å². The molecule has 1 atom stereocenters. The summed E-state index contributed by atoms with van der Waals surface area (Å²) in [5, 5.41) is 14.1. The largest absolute Gasteiger partial charge is 0.480 e. The maximum atomic E-state index is 11.9. The number of carboxylic acids is 1. The van der Waals surface area contributed by atoms with Crippen LogP contribution in [0.2, 0.25) is 0 Å². The van der Waals surface area contributed by atoms with E-state index >= 15 is 0 Å². The molecule has 2 heterocycles. The van der Waals surface area contributed by atoms with Gasteiger partial charge in [-0.25, -0.2) is 9.78 Å². The van der Waals surface area contributed by atoms with Crippen LogP contribution in [0.4, 0.5) is 0 Å². The fourth-order valence-electron chi connectivity index (χ4n) is 1.95. The lowest BCUT2D eigenvalue weighted by atomic mass is 10.1. The second kappa shape index (κ2) is 7.65. The van der Waals surface area contributed by atoms with Crippen molar-refractivity contribution in [1.82, 2.24) is 15.3 Å². The number of aromatic nitrogens is 2. The summed E-state index contributed by atoms with van der Waals surface area (Å²) < 4.78 is 0. The molecular formula is C15H17N3O3S. The third-order valence-electron chi connectivity index (χ3n) is 2.99. The predicted molar refractivity (Wildman–Crippen MR) is 83.5 cm³/mol. The van der Waals surface area contributed by atoms with Crippen molar-refractivity contribution in [2.45, 2.75) is 32.2 Å². The highest BCUT2D eigenvalue weighted by atomic mass is 32.1. The molecule has 1 unspecified atom stereocenters. The minimum Gasteiger partial charge on any atom is -0.480 e. The molecule has 0 aliphatic carbocycles. The van der Waals surface area contributed by atoms with Crippen LogP contribution in [0.1, 0.15) is 25.5 Å². The first-order valence-corrected chi connectivity index (χ1v) is 7.86. The first kappa shape index (κ1) is 16.1. The maximum Gasteiger partial charge on any atom is 0.326 e. The number of amides is 1. The minimum atomic E-state index is -1.01. The molecule has 0 spiro atoms. The maximum absolute atomic E-state index is 11.9. The molecule has 116 valence electrons. The summed E-state index contributed by atoms with van der Waals surface area (Å²) in [6, 6.07) is 4.71. The number of pyridine rings is 1. The molecule has 7 heteroatoms. The van der Waals surface area contributed by atoms with Crippen molar-refractivity contribution in [2.75, 3.05) is 0 Å². The Morgan fingerprint density at radius 1 is 1.41 bits per heavy atom. The number of hydrogen-bond donors (Lipinski definition) is 2. The molecule has 0 saturated carbocycles. The van der Waals surface area contributed by atoms with Crippen LogP contribution >= 0.6 is 11.3 Å². The third kappa shape index (κ3) is 4.36. The van der Waals surface area contributed by atoms with E-state index in [1.54, 1.807) is 11.6 Å². The van der Waals surface area contributed by atoms with Gasteiger partial charge in [-0.3, -0.25) is 9.78 Å². The van der Waals surface area contributed by atoms with Gasteiger partial charge in [0.05, 0.1) is 17.8 Å². The average Bonchev–Trinajstić information content (AvgIpc) is 2.96. The highest BCUT2D eigenvalue weighted by Gasteiger charge is 2.19. The quantitative estimate of drug-likeness (QED) is 0.815. The highest BCUT2D eigenvalue weighted by molar-refractivity contribution is 7.13. The minimum absolute atomic E-state index is 0.0663. The van der Waals surface area contributed by atoms with Crippen LogP contribution in [0.3, 0.4) is 0 Å². The van der Waals surface area contributed by atoms with E-state index in [9.17, 15) is 9.59 Å². The molecule has 1 amide bonds. The average molecular weight is 319 g/mol. The van der Waals surface area contributed by atoms with Gasteiger partial charge in [0, 0.05) is 11.6 Å². The van der Waals surface area contributed by atoms with Crippen molar-refractivity contribution in [2.24, 2.45) is 0 Å². The van der Waals surface area contributed by atoms with E-state index in [1.165, 1.54) is 11.3 Å². The van der Waals surface area contributed by atoms with Gasteiger partial charge in [0.25, 0.3) is 0 Å². The lowest BCUT2D eigenvalue weighted by Crippen LogP contribution is -2.41. The predicted octanol–water partition coefficient (Wildman–Crippen LogP) is 2.12. The van der Waals surface area contributed by atoms with Crippen molar-refractivity contribution in [3.8, 4) is 10.7 Å². The van der Waals surface area contributed by atoms with Gasteiger partial charge >= 0.3 is 5.97 Å². The molecule has 0 bridgehead atoms. The number of nitrogens with one attached hydrogen (secondary N) is 1. The molecule has 22 heavy (non-hydrogen) atoms. The number of nitrogens with zero attached hydrogens (tertiary/aromatic N) is 2. The highest BCUT2D eigenvalue weighted by Crippen LogP contribution is 2.21. The number of carbonyl (C=O) groups excluding carboxylic acids is 1. The fraction of sp³-hybridized carbons (Fsp3) is 0.333. The molecule has 0 fully saturated rings. The Kier molecular flexibility index (Phi) is 5.60. The van der Waals surface area contributed by atoms with Gasteiger partial charge in [0.15, 0.2) is 0 Å². The van der Waals surface area contributed by atoms with Gasteiger partial charge in [-0.1, -0.05) is 19.4 Å². The van der Waals surface area contributed by atoms with Crippen molar-refractivity contribution in [1.29, 1.82) is 0 Å². The SMILES string of the molecule is CCCC(NC(=O)Cc1csc(-c2ccccn2)n1)C(=O)O. The molecular weight excluding hydrogens is 302 g/mol. The van der Waals surface area contributed by atoms with Crippen LogP contribution in [0, 0.1) is 0 Å². The lowest BCUT2D eigenvalue weighted by Gasteiger charge is -2.12. The van der Waals surface area contributed by atoms with Gasteiger partial charge in [0.2, 0.25) is 5.91 Å². The summed E-state index contributed by atoms with van der Waals surface area (Å²) in [7, 11) is 0. The lowest BCUT2D eigenvalue weighted by molar-refractivity contribution is -0.141. The zero-order valence-corrected chi connectivity index (χ0v) is 13.0. The summed E-state index contributed by atoms with van der Waals surface area (Å²) in [5.74, 6) is -1.35. The van der Waals surface area contributed by atoms with E-state index in [-0.39, 0.29) is 12.3 Å². The zero-order valence-electron chi connectivity index (χ0n) is 12.2. The van der Waals surface area contributed by atoms with Crippen LogP contribution in [0.25, 0.3) is 10.7 Å². The van der Waals surface area contributed by atoms with Crippen LogP contribution < -0.4 is 5.32 Å². The monoisotopic (exact) mass is 319 g/mol. The Morgan fingerprint density at radius 2 is 2.23 bits per heavy atom. The van der Waals surface area contributed by atoms with Crippen molar-refractivity contribution in [3.63, 3.8) is 0 Å². The van der Waals surface area contributed by atoms with E-state index in [0.29, 0.717) is 18.5 Å². The molecule has 0 saturated heterocycles. The van der Waals surface area contributed by atoms with Gasteiger partial charge in [-0.2, -0.15) is 0 Å². The van der Waals surface area contributed by atoms with E-state index in [2.05, 4.69) is 15.3 Å². The summed E-state index contributed by atoms with van der Waals surface area (Å²) >= 11 is 1.41. The van der Waals surface area contributed by atoms with Crippen LogP contribution in [-0.2, 0) is 16.0 Å². The number of thiazole rings is 1. The molecule has 2 N–H and O–H groups in total. The molecule has 2 rings (SSSR count). The summed E-state index contributed by atoms with van der Waals surface area (Å²) in [6.45, 7) is 1.88. The molecule has 0 aromatic carbocycles. The normalized spacial score (nSPS) is 11.9. The van der Waals surface area contributed by atoms with Gasteiger partial charge < -0.3 is 10.4 Å². The summed E-state index contributed by atoms with van der Waals surface area (Å²) in [5.41, 5.74) is 1.37. The smallest absolute Gasteiger partial charge is 0.326 e. The van der Waals surface area contributed by atoms with Crippen LogP contribution in [0.15, 0.2) is 29.8 Å². The van der Waals surface area contributed by atoms with Crippen molar-refractivity contribution in [3.05, 3.63) is 35.5 Å². The molecule has 0 aliphatic heterocycles. The second-order valence-corrected chi connectivity index (χ2v) is 5.64. The van der Waals surface area contributed by atoms with Crippen LogP contribution in [0.5, 0.6) is 0 Å². The van der Waals surface area contributed by atoms with Crippen molar-refractivity contribution < 1.29 is 14.7 Å². The molecule has 6 nitrogen and oxygen atoms in total. The van der Waals surface area contributed by atoms with Crippen LogP contribution in [-0.4, -0.2) is 33.0 Å². The summed E-state index contributed by atoms with van der Waals surface area (Å²) in [4.78, 5) is 31.5. The van der Waals surface area contributed by atoms with E-state index < -0.39 is 12.0 Å². The van der Waals surface area contributed by atoms with Crippen molar-refractivity contribution >= 4 is 23.2 Å². The topological polar surface area (TPSA) is 92.2 Å². The molecule has 0 radical (unpaired) electrons. The van der Waals surface area contributed by atoms with Gasteiger partial charge in [-0.05, 0) is 18.6 Å². The number of hydrogen-bond acceptors (Lipinski definition) is 5. The molecule has 2 aromatic heterocycles. The second-order valence-electron chi connectivity index (χ2n) is 4.78. The third-order valence-corrected chi connectivity index (χ3v) is 3.90. The molecule has 0 aliphatic rings. The molecule has 2 aromatic rings. The number of aliphatic carboxylic acids is 1. The summed E-state index contributed by atoms with van der Waals surface area (Å²) in [6.07, 6.45) is 2.86.